The Balaban J connectivity index is 1.96. The van der Waals surface area contributed by atoms with Gasteiger partial charge >= 0.3 is 6.18 Å². The van der Waals surface area contributed by atoms with Gasteiger partial charge in [-0.2, -0.15) is 18.3 Å². The molecule has 0 aliphatic carbocycles. The number of hydrogen-bond acceptors (Lipinski definition) is 5. The number of pyridine rings is 1. The van der Waals surface area contributed by atoms with Crippen LogP contribution in [0.3, 0.4) is 0 Å². The van der Waals surface area contributed by atoms with Gasteiger partial charge in [-0.25, -0.2) is 14.5 Å². The molecule has 0 saturated carbocycles. The van der Waals surface area contributed by atoms with Gasteiger partial charge in [-0.3, -0.25) is 0 Å². The minimum absolute atomic E-state index is 0.0477. The van der Waals surface area contributed by atoms with Crippen molar-refractivity contribution in [3.8, 4) is 17.1 Å². The lowest BCUT2D eigenvalue weighted by molar-refractivity contribution is -0.142. The molecule has 3 rings (SSSR count). The molecule has 150 valence electrons. The quantitative estimate of drug-likeness (QED) is 0.686. The first kappa shape index (κ1) is 20.1. The highest BCUT2D eigenvalue weighted by atomic mass is 19.4. The summed E-state index contributed by atoms with van der Waals surface area (Å²) in [7, 11) is 0. The molecule has 0 aliphatic heterocycles. The lowest BCUT2D eigenvalue weighted by atomic mass is 9.93. The zero-order valence-electron chi connectivity index (χ0n) is 15.9. The monoisotopic (exact) mass is 393 g/mol. The standard InChI is InChI=1S/C19H22F3N5O/c1-12(2)10-18(3,23)11-28-15-5-4-13(26-17(15)19(20,21)22)14-6-8-24-16-7-9-25-27(14)16/h4-9,12H,10-11,23H2,1-3H3. The molecule has 3 aromatic rings. The van der Waals surface area contributed by atoms with E-state index in [1.54, 1.807) is 19.1 Å². The molecule has 0 aliphatic rings. The van der Waals surface area contributed by atoms with Gasteiger partial charge in [0.15, 0.2) is 11.3 Å². The number of aromatic nitrogens is 4. The molecular weight excluding hydrogens is 371 g/mol. The van der Waals surface area contributed by atoms with E-state index in [4.69, 9.17) is 10.5 Å². The Hall–Kier alpha value is -2.68. The van der Waals surface area contributed by atoms with Crippen molar-refractivity contribution in [1.82, 2.24) is 19.6 Å². The van der Waals surface area contributed by atoms with Crippen LogP contribution in [-0.4, -0.2) is 31.7 Å². The third kappa shape index (κ3) is 4.41. The molecule has 1 unspecified atom stereocenters. The second-order valence-corrected chi connectivity index (χ2v) is 7.51. The van der Waals surface area contributed by atoms with E-state index in [0.717, 1.165) is 0 Å². The third-order valence-corrected chi connectivity index (χ3v) is 4.11. The van der Waals surface area contributed by atoms with Gasteiger partial charge in [0.05, 0.1) is 17.6 Å². The van der Waals surface area contributed by atoms with Crippen molar-refractivity contribution in [2.45, 2.75) is 38.9 Å². The molecule has 9 heteroatoms. The highest BCUT2D eigenvalue weighted by Gasteiger charge is 2.37. The SMILES string of the molecule is CC(C)CC(C)(N)COc1ccc(-c2ccnc3ccnn23)nc1C(F)(F)F. The first-order valence-corrected chi connectivity index (χ1v) is 8.86. The maximum absolute atomic E-state index is 13.6. The summed E-state index contributed by atoms with van der Waals surface area (Å²) in [5, 5.41) is 4.09. The molecule has 6 nitrogen and oxygen atoms in total. The molecule has 0 saturated heterocycles. The predicted octanol–water partition coefficient (Wildman–Crippen LogP) is 3.95. The highest BCUT2D eigenvalue weighted by Crippen LogP contribution is 2.36. The molecule has 0 amide bonds. The average Bonchev–Trinajstić information content (AvgIpc) is 3.06. The van der Waals surface area contributed by atoms with E-state index in [2.05, 4.69) is 15.1 Å². The minimum Gasteiger partial charge on any atom is -0.489 e. The first-order valence-electron chi connectivity index (χ1n) is 8.86. The summed E-state index contributed by atoms with van der Waals surface area (Å²) in [5.74, 6) is -0.0493. The lowest BCUT2D eigenvalue weighted by Crippen LogP contribution is -2.43. The molecule has 2 N–H and O–H groups in total. The van der Waals surface area contributed by atoms with Crippen LogP contribution in [0.5, 0.6) is 5.75 Å². The Bertz CT molecular complexity index is 966. The van der Waals surface area contributed by atoms with E-state index in [-0.39, 0.29) is 18.1 Å². The van der Waals surface area contributed by atoms with Crippen molar-refractivity contribution in [3.05, 3.63) is 42.4 Å². The van der Waals surface area contributed by atoms with Crippen molar-refractivity contribution in [2.75, 3.05) is 6.61 Å². The van der Waals surface area contributed by atoms with Crippen molar-refractivity contribution in [3.63, 3.8) is 0 Å². The number of nitrogens with zero attached hydrogens (tertiary/aromatic N) is 4. The van der Waals surface area contributed by atoms with Crippen LogP contribution >= 0.6 is 0 Å². The summed E-state index contributed by atoms with van der Waals surface area (Å²) >= 11 is 0. The Morgan fingerprint density at radius 2 is 1.89 bits per heavy atom. The molecule has 1 atom stereocenters. The fourth-order valence-electron chi connectivity index (χ4n) is 3.17. The molecule has 0 aromatic carbocycles. The molecule has 0 spiro atoms. The zero-order chi connectivity index (χ0) is 20.5. The fraction of sp³-hybridized carbons (Fsp3) is 0.421. The number of hydrogen-bond donors (Lipinski definition) is 1. The van der Waals surface area contributed by atoms with E-state index in [0.29, 0.717) is 23.7 Å². The molecule has 28 heavy (non-hydrogen) atoms. The van der Waals surface area contributed by atoms with Gasteiger partial charge in [0, 0.05) is 17.8 Å². The molecular formula is C19H22F3N5O. The largest absolute Gasteiger partial charge is 0.489 e. The predicted molar refractivity (Wildman–Crippen MR) is 98.8 cm³/mol. The molecule has 0 radical (unpaired) electrons. The summed E-state index contributed by atoms with van der Waals surface area (Å²) in [5.41, 5.74) is 5.34. The summed E-state index contributed by atoms with van der Waals surface area (Å²) in [6, 6.07) is 5.95. The van der Waals surface area contributed by atoms with Crippen LogP contribution in [0.1, 0.15) is 32.9 Å². The van der Waals surface area contributed by atoms with E-state index >= 15 is 0 Å². The Kier molecular flexibility index (Phi) is 5.29. The van der Waals surface area contributed by atoms with Crippen molar-refractivity contribution < 1.29 is 17.9 Å². The average molecular weight is 393 g/mol. The number of halogens is 3. The van der Waals surface area contributed by atoms with Crippen LogP contribution in [0.2, 0.25) is 0 Å². The van der Waals surface area contributed by atoms with Crippen molar-refractivity contribution in [2.24, 2.45) is 11.7 Å². The number of ether oxygens (including phenoxy) is 1. The molecule has 0 fully saturated rings. The maximum Gasteiger partial charge on any atom is 0.437 e. The Labute approximate surface area is 160 Å². The lowest BCUT2D eigenvalue weighted by Gasteiger charge is -2.27. The van der Waals surface area contributed by atoms with E-state index in [1.165, 1.54) is 29.0 Å². The fourth-order valence-corrected chi connectivity index (χ4v) is 3.17. The van der Waals surface area contributed by atoms with Gasteiger partial charge in [0.1, 0.15) is 12.4 Å². The molecule has 0 bridgehead atoms. The van der Waals surface area contributed by atoms with Crippen LogP contribution in [0.15, 0.2) is 36.7 Å². The van der Waals surface area contributed by atoms with Crippen LogP contribution in [0.25, 0.3) is 17.0 Å². The summed E-state index contributed by atoms with van der Waals surface area (Å²) in [4.78, 5) is 7.93. The number of rotatable bonds is 6. The smallest absolute Gasteiger partial charge is 0.437 e. The third-order valence-electron chi connectivity index (χ3n) is 4.11. The minimum atomic E-state index is -4.68. The van der Waals surface area contributed by atoms with E-state index < -0.39 is 17.4 Å². The normalized spacial score (nSPS) is 14.4. The number of alkyl halides is 3. The van der Waals surface area contributed by atoms with Crippen molar-refractivity contribution >= 4 is 5.65 Å². The van der Waals surface area contributed by atoms with Gasteiger partial charge in [-0.15, -0.1) is 0 Å². The van der Waals surface area contributed by atoms with Gasteiger partial charge in [-0.1, -0.05) is 13.8 Å². The zero-order valence-corrected chi connectivity index (χ0v) is 15.9. The maximum atomic E-state index is 13.6. The highest BCUT2D eigenvalue weighted by molar-refractivity contribution is 5.59. The topological polar surface area (TPSA) is 78.3 Å². The van der Waals surface area contributed by atoms with Gasteiger partial charge in [0.25, 0.3) is 0 Å². The first-order chi connectivity index (χ1) is 13.1. The van der Waals surface area contributed by atoms with Crippen LogP contribution in [0, 0.1) is 5.92 Å². The van der Waals surface area contributed by atoms with Gasteiger partial charge in [-0.05, 0) is 37.5 Å². The number of nitrogens with two attached hydrogens (primary N) is 1. The van der Waals surface area contributed by atoms with Crippen molar-refractivity contribution in [1.29, 1.82) is 0 Å². The second kappa shape index (κ2) is 7.38. The van der Waals surface area contributed by atoms with E-state index in [9.17, 15) is 13.2 Å². The molecule has 3 heterocycles. The van der Waals surface area contributed by atoms with Crippen LogP contribution < -0.4 is 10.5 Å². The van der Waals surface area contributed by atoms with E-state index in [1.807, 2.05) is 13.8 Å². The second-order valence-electron chi connectivity index (χ2n) is 7.51. The Morgan fingerprint density at radius 1 is 1.14 bits per heavy atom. The Morgan fingerprint density at radius 3 is 2.57 bits per heavy atom. The number of fused-ring (bicyclic) bond motifs is 1. The van der Waals surface area contributed by atoms with Gasteiger partial charge < -0.3 is 10.5 Å². The summed E-state index contributed by atoms with van der Waals surface area (Å²) in [6.45, 7) is 5.70. The molecule has 3 aromatic heterocycles. The van der Waals surface area contributed by atoms with Crippen LogP contribution in [-0.2, 0) is 6.18 Å². The van der Waals surface area contributed by atoms with Crippen LogP contribution in [0.4, 0.5) is 13.2 Å². The summed E-state index contributed by atoms with van der Waals surface area (Å²) in [6.07, 6.45) is -1.04. The van der Waals surface area contributed by atoms with Gasteiger partial charge in [0.2, 0.25) is 0 Å². The summed E-state index contributed by atoms with van der Waals surface area (Å²) < 4.78 is 47.7.